The van der Waals surface area contributed by atoms with Crippen LogP contribution in [0.1, 0.15) is 34.5 Å². The molecule has 1 unspecified atom stereocenters. The second kappa shape index (κ2) is 7.72. The molecule has 3 amide bonds. The minimum Gasteiger partial charge on any atom is -0.399 e. The predicted octanol–water partition coefficient (Wildman–Crippen LogP) is 2.90. The molecule has 0 radical (unpaired) electrons. The van der Waals surface area contributed by atoms with E-state index < -0.39 is 23.8 Å². The number of anilines is 1. The quantitative estimate of drug-likeness (QED) is 0.453. The monoisotopic (exact) mass is 469 g/mol. The average Bonchev–Trinajstić information content (AvgIpc) is 3.36. The molecular weight excluding hydrogens is 451 g/mol. The summed E-state index contributed by atoms with van der Waals surface area (Å²) in [6.45, 7) is 0.0966. The molecule has 0 aliphatic carbocycles. The molecule has 3 N–H and O–H groups in total. The summed E-state index contributed by atoms with van der Waals surface area (Å²) < 4.78 is 41.7. The van der Waals surface area contributed by atoms with E-state index >= 15 is 0 Å². The van der Waals surface area contributed by atoms with Crippen LogP contribution in [0.2, 0.25) is 0 Å². The summed E-state index contributed by atoms with van der Waals surface area (Å²) >= 11 is 0. The first-order valence-corrected chi connectivity index (χ1v) is 10.4. The molecule has 3 aromatic rings. The lowest BCUT2D eigenvalue weighted by Crippen LogP contribution is -2.52. The van der Waals surface area contributed by atoms with Crippen LogP contribution in [-0.4, -0.2) is 38.2 Å². The van der Waals surface area contributed by atoms with Crippen LogP contribution >= 0.6 is 0 Å². The van der Waals surface area contributed by atoms with Crippen molar-refractivity contribution in [3.05, 3.63) is 65.5 Å². The Balaban J connectivity index is 1.54. The lowest BCUT2D eigenvalue weighted by atomic mass is 10.0. The summed E-state index contributed by atoms with van der Waals surface area (Å²) in [6.07, 6.45) is -3.42. The maximum atomic E-state index is 13.5. The summed E-state index contributed by atoms with van der Waals surface area (Å²) in [5.74, 6) is -1.26. The Kier molecular flexibility index (Phi) is 4.92. The summed E-state index contributed by atoms with van der Waals surface area (Å²) in [5.41, 5.74) is 6.82. The molecule has 11 heteroatoms. The lowest BCUT2D eigenvalue weighted by Gasteiger charge is -2.29. The normalized spacial score (nSPS) is 18.3. The van der Waals surface area contributed by atoms with Crippen LogP contribution in [0.3, 0.4) is 0 Å². The molecule has 174 valence electrons. The fourth-order valence-corrected chi connectivity index (χ4v) is 4.31. The summed E-state index contributed by atoms with van der Waals surface area (Å²) in [6, 6.07) is 10.3. The van der Waals surface area contributed by atoms with Gasteiger partial charge in [0.25, 0.3) is 5.91 Å². The molecule has 1 aromatic heterocycles. The number of carbonyl (C=O) groups is 3. The lowest BCUT2D eigenvalue weighted by molar-refractivity contribution is -0.141. The molecule has 1 fully saturated rings. The van der Waals surface area contributed by atoms with E-state index in [9.17, 15) is 27.6 Å². The third-order valence-corrected chi connectivity index (χ3v) is 5.93. The number of nitrogens with zero attached hydrogens (tertiary/aromatic N) is 3. The zero-order valence-electron chi connectivity index (χ0n) is 17.6. The first-order valence-electron chi connectivity index (χ1n) is 10.4. The van der Waals surface area contributed by atoms with Crippen LogP contribution in [0.4, 0.5) is 18.9 Å². The highest BCUT2D eigenvalue weighted by atomic mass is 19.4. The number of nitrogens with one attached hydrogen (secondary N) is 1. The molecule has 3 heterocycles. The van der Waals surface area contributed by atoms with Gasteiger partial charge in [0.2, 0.25) is 11.8 Å². The molecule has 1 atom stereocenters. The number of amides is 3. The van der Waals surface area contributed by atoms with E-state index in [0.717, 1.165) is 6.20 Å². The number of imide groups is 1. The van der Waals surface area contributed by atoms with Gasteiger partial charge < -0.3 is 10.6 Å². The van der Waals surface area contributed by atoms with Gasteiger partial charge in [0, 0.05) is 41.7 Å². The van der Waals surface area contributed by atoms with Crippen molar-refractivity contribution in [2.75, 3.05) is 5.73 Å². The molecule has 5 rings (SSSR count). The second-order valence-corrected chi connectivity index (χ2v) is 8.18. The van der Waals surface area contributed by atoms with Crippen molar-refractivity contribution in [2.24, 2.45) is 0 Å². The van der Waals surface area contributed by atoms with Crippen LogP contribution < -0.4 is 11.1 Å². The molecule has 2 aliphatic heterocycles. The number of hydrogen-bond acceptors (Lipinski definition) is 5. The fraction of sp³-hybridized carbons (Fsp3) is 0.217. The number of carbonyl (C=O) groups excluding carboxylic acids is 3. The maximum Gasteiger partial charge on any atom is 0.434 e. The fourth-order valence-electron chi connectivity index (χ4n) is 4.31. The molecular formula is C23H18F3N5O3. The molecule has 34 heavy (non-hydrogen) atoms. The zero-order chi connectivity index (χ0) is 24.2. The van der Waals surface area contributed by atoms with Gasteiger partial charge in [0.1, 0.15) is 11.9 Å². The Morgan fingerprint density at radius 1 is 1.09 bits per heavy atom. The van der Waals surface area contributed by atoms with Gasteiger partial charge in [-0.2, -0.15) is 13.2 Å². The number of aromatic nitrogens is 2. The van der Waals surface area contributed by atoms with Crippen LogP contribution in [0, 0.1) is 0 Å². The zero-order valence-corrected chi connectivity index (χ0v) is 17.6. The van der Waals surface area contributed by atoms with Crippen molar-refractivity contribution in [3.8, 4) is 17.1 Å². The predicted molar refractivity (Wildman–Crippen MR) is 114 cm³/mol. The number of benzene rings is 2. The van der Waals surface area contributed by atoms with Crippen LogP contribution in [-0.2, 0) is 22.3 Å². The Morgan fingerprint density at radius 2 is 1.88 bits per heavy atom. The molecule has 0 saturated carbocycles. The summed E-state index contributed by atoms with van der Waals surface area (Å²) in [4.78, 5) is 41.8. The van der Waals surface area contributed by atoms with Crippen molar-refractivity contribution in [2.45, 2.75) is 31.6 Å². The Labute approximate surface area is 191 Å². The van der Waals surface area contributed by atoms with Gasteiger partial charge >= 0.3 is 6.18 Å². The molecule has 0 bridgehead atoms. The smallest absolute Gasteiger partial charge is 0.399 e. The number of alkyl halides is 3. The number of rotatable bonds is 3. The van der Waals surface area contributed by atoms with Gasteiger partial charge in [-0.25, -0.2) is 4.98 Å². The maximum absolute atomic E-state index is 13.5. The molecule has 2 aromatic carbocycles. The Bertz CT molecular complexity index is 1350. The number of nitrogens with two attached hydrogens (primary N) is 1. The van der Waals surface area contributed by atoms with E-state index in [1.807, 2.05) is 0 Å². The first kappa shape index (κ1) is 21.7. The van der Waals surface area contributed by atoms with Gasteiger partial charge in [-0.3, -0.25) is 24.3 Å². The first-order chi connectivity index (χ1) is 16.1. The third kappa shape index (κ3) is 3.68. The van der Waals surface area contributed by atoms with E-state index in [2.05, 4.69) is 10.3 Å². The highest BCUT2D eigenvalue weighted by Gasteiger charge is 2.39. The van der Waals surface area contributed by atoms with Gasteiger partial charge in [0.05, 0.1) is 0 Å². The van der Waals surface area contributed by atoms with Crippen molar-refractivity contribution >= 4 is 23.4 Å². The number of fused-ring (bicyclic) bond motifs is 1. The van der Waals surface area contributed by atoms with E-state index in [1.54, 1.807) is 24.3 Å². The topological polar surface area (TPSA) is 110 Å². The number of halogens is 3. The molecule has 0 spiro atoms. The number of nitrogen functional groups attached to an aromatic ring is 1. The number of imidazole rings is 1. The van der Waals surface area contributed by atoms with Crippen molar-refractivity contribution in [1.29, 1.82) is 0 Å². The molecule has 1 saturated heterocycles. The second-order valence-electron chi connectivity index (χ2n) is 8.18. The molecule has 2 aliphatic rings. The standard InChI is InChI=1S/C23H18F3N5O3/c24-23(25,26)18-11-30(15-3-1-2-14(27)9-15)20(28-18)12-4-5-16-13(8-12)10-31(22(16)34)17-6-7-19(32)29-21(17)33/h1-5,8-9,11,17H,6-7,10,27H2,(H,29,32,33). The Hall–Kier alpha value is -4.15. The van der Waals surface area contributed by atoms with Gasteiger partial charge in [-0.1, -0.05) is 12.1 Å². The number of piperidine rings is 1. The van der Waals surface area contributed by atoms with Crippen LogP contribution in [0.5, 0.6) is 0 Å². The van der Waals surface area contributed by atoms with Gasteiger partial charge in [-0.05, 0) is 42.3 Å². The Morgan fingerprint density at radius 3 is 2.59 bits per heavy atom. The van der Waals surface area contributed by atoms with E-state index in [0.29, 0.717) is 28.1 Å². The third-order valence-electron chi connectivity index (χ3n) is 5.93. The van der Waals surface area contributed by atoms with Gasteiger partial charge in [-0.15, -0.1) is 0 Å². The van der Waals surface area contributed by atoms with E-state index in [4.69, 9.17) is 5.73 Å². The average molecular weight is 469 g/mol. The van der Waals surface area contributed by atoms with Crippen molar-refractivity contribution in [3.63, 3.8) is 0 Å². The van der Waals surface area contributed by atoms with Crippen LogP contribution in [0.15, 0.2) is 48.7 Å². The van der Waals surface area contributed by atoms with Gasteiger partial charge in [0.15, 0.2) is 5.69 Å². The highest BCUT2D eigenvalue weighted by Crippen LogP contribution is 2.35. The van der Waals surface area contributed by atoms with Crippen LogP contribution in [0.25, 0.3) is 17.1 Å². The number of hydrogen-bond donors (Lipinski definition) is 2. The largest absolute Gasteiger partial charge is 0.434 e. The van der Waals surface area contributed by atoms with Crippen molar-refractivity contribution < 1.29 is 27.6 Å². The minimum absolute atomic E-state index is 0.0348. The van der Waals surface area contributed by atoms with E-state index in [-0.39, 0.29) is 37.0 Å². The molecule has 8 nitrogen and oxygen atoms in total. The van der Waals surface area contributed by atoms with E-state index in [1.165, 1.54) is 27.7 Å². The highest BCUT2D eigenvalue weighted by molar-refractivity contribution is 6.05. The summed E-state index contributed by atoms with van der Waals surface area (Å²) in [5, 5.41) is 2.24. The summed E-state index contributed by atoms with van der Waals surface area (Å²) in [7, 11) is 0. The SMILES string of the molecule is Nc1cccc(-n2cc(C(F)(F)F)nc2-c2ccc3c(c2)CN(C2CCC(=O)NC2=O)C3=O)c1. The minimum atomic E-state index is -4.66. The van der Waals surface area contributed by atoms with Crippen molar-refractivity contribution in [1.82, 2.24) is 19.8 Å².